The molecule has 2 aromatic carbocycles. The zero-order valence-corrected chi connectivity index (χ0v) is 17.0. The molecule has 0 saturated carbocycles. The van der Waals surface area contributed by atoms with Crippen LogP contribution in [0.4, 0.5) is 0 Å². The van der Waals surface area contributed by atoms with Crippen molar-refractivity contribution in [3.05, 3.63) is 64.7 Å². The molecule has 1 aliphatic rings. The van der Waals surface area contributed by atoms with Crippen molar-refractivity contribution in [2.45, 2.75) is 24.4 Å². The molecular formula is C22H26ClNO4. The van der Waals surface area contributed by atoms with Gasteiger partial charge in [0.25, 0.3) is 0 Å². The standard InChI is InChI=1S/C22H26ClNO4/c1-26-19-10-6-4-8-17(19)22(11-13-28-14-12-22)21(25)24-15-20(27-2)16-7-3-5-9-18(16)23/h3-10,20H,11-15H2,1-2H3,(H,24,25). The van der Waals surface area contributed by atoms with Gasteiger partial charge in [0.1, 0.15) is 11.9 Å². The summed E-state index contributed by atoms with van der Waals surface area (Å²) in [6.45, 7) is 1.39. The Hall–Kier alpha value is -2.08. The van der Waals surface area contributed by atoms with Crippen molar-refractivity contribution in [1.29, 1.82) is 0 Å². The maximum absolute atomic E-state index is 13.4. The molecule has 0 aliphatic carbocycles. The summed E-state index contributed by atoms with van der Waals surface area (Å²) in [5.74, 6) is 0.670. The van der Waals surface area contributed by atoms with Crippen molar-refractivity contribution in [3.63, 3.8) is 0 Å². The van der Waals surface area contributed by atoms with Crippen LogP contribution in [-0.2, 0) is 19.7 Å². The molecule has 1 amide bonds. The highest BCUT2D eigenvalue weighted by atomic mass is 35.5. The minimum absolute atomic E-state index is 0.0468. The summed E-state index contributed by atoms with van der Waals surface area (Å²) in [5.41, 5.74) is 1.05. The molecule has 3 rings (SSSR count). The Morgan fingerprint density at radius 1 is 1.14 bits per heavy atom. The number of benzene rings is 2. The van der Waals surface area contributed by atoms with Crippen LogP contribution in [0.2, 0.25) is 5.02 Å². The number of carbonyl (C=O) groups excluding carboxylic acids is 1. The van der Waals surface area contributed by atoms with Gasteiger partial charge in [0.2, 0.25) is 5.91 Å². The molecule has 1 unspecified atom stereocenters. The van der Waals surface area contributed by atoms with Crippen LogP contribution in [0.25, 0.3) is 0 Å². The third-order valence-electron chi connectivity index (χ3n) is 5.39. The Morgan fingerprint density at radius 2 is 1.82 bits per heavy atom. The fourth-order valence-electron chi connectivity index (χ4n) is 3.79. The second-order valence-electron chi connectivity index (χ2n) is 6.85. The third-order valence-corrected chi connectivity index (χ3v) is 5.73. The van der Waals surface area contributed by atoms with Crippen LogP contribution in [0.5, 0.6) is 5.75 Å². The number of hydrogen-bond acceptors (Lipinski definition) is 4. The second kappa shape index (κ2) is 9.41. The van der Waals surface area contributed by atoms with E-state index >= 15 is 0 Å². The average Bonchev–Trinajstić information content (AvgIpc) is 2.75. The van der Waals surface area contributed by atoms with E-state index in [0.29, 0.717) is 43.4 Å². The van der Waals surface area contributed by atoms with Crippen LogP contribution in [-0.4, -0.2) is 39.9 Å². The first kappa shape index (κ1) is 20.6. The number of methoxy groups -OCH3 is 2. The van der Waals surface area contributed by atoms with Gasteiger partial charge in [-0.25, -0.2) is 0 Å². The van der Waals surface area contributed by atoms with E-state index in [0.717, 1.165) is 11.1 Å². The lowest BCUT2D eigenvalue weighted by Gasteiger charge is -2.37. The van der Waals surface area contributed by atoms with E-state index in [1.165, 1.54) is 0 Å². The van der Waals surface area contributed by atoms with E-state index in [-0.39, 0.29) is 12.0 Å². The van der Waals surface area contributed by atoms with Gasteiger partial charge in [-0.2, -0.15) is 0 Å². The number of hydrogen-bond donors (Lipinski definition) is 1. The fourth-order valence-corrected chi connectivity index (χ4v) is 4.05. The minimum atomic E-state index is -0.691. The van der Waals surface area contributed by atoms with E-state index in [1.54, 1.807) is 14.2 Å². The molecule has 0 radical (unpaired) electrons. The van der Waals surface area contributed by atoms with Crippen LogP contribution in [0, 0.1) is 0 Å². The second-order valence-corrected chi connectivity index (χ2v) is 7.26. The topological polar surface area (TPSA) is 56.8 Å². The summed E-state index contributed by atoms with van der Waals surface area (Å²) < 4.78 is 16.7. The van der Waals surface area contributed by atoms with E-state index in [1.807, 2.05) is 48.5 Å². The Kier molecular flexibility index (Phi) is 6.94. The Labute approximate surface area is 170 Å². The molecule has 0 aromatic heterocycles. The summed E-state index contributed by atoms with van der Waals surface area (Å²) in [6.07, 6.45) is 0.874. The molecule has 1 aliphatic heterocycles. The third kappa shape index (κ3) is 4.17. The molecule has 1 heterocycles. The summed E-state index contributed by atoms with van der Waals surface area (Å²) in [6, 6.07) is 15.2. The molecule has 1 N–H and O–H groups in total. The van der Waals surface area contributed by atoms with Crippen LogP contribution >= 0.6 is 11.6 Å². The largest absolute Gasteiger partial charge is 0.496 e. The quantitative estimate of drug-likeness (QED) is 0.761. The summed E-state index contributed by atoms with van der Waals surface area (Å²) in [7, 11) is 3.24. The van der Waals surface area contributed by atoms with Crippen molar-refractivity contribution in [2.75, 3.05) is 34.0 Å². The Bertz CT molecular complexity index is 805. The first-order valence-corrected chi connectivity index (χ1v) is 9.77. The van der Waals surface area contributed by atoms with Crippen LogP contribution in [0.1, 0.15) is 30.1 Å². The molecule has 5 nitrogen and oxygen atoms in total. The molecular weight excluding hydrogens is 378 g/mol. The lowest BCUT2D eigenvalue weighted by Crippen LogP contribution is -2.49. The first-order valence-electron chi connectivity index (χ1n) is 9.39. The zero-order chi connectivity index (χ0) is 20.0. The average molecular weight is 404 g/mol. The maximum Gasteiger partial charge on any atom is 0.231 e. The maximum atomic E-state index is 13.4. The summed E-state index contributed by atoms with van der Waals surface area (Å²) >= 11 is 6.30. The Balaban J connectivity index is 1.83. The number of rotatable bonds is 7. The number of carbonyl (C=O) groups is 1. The van der Waals surface area contributed by atoms with Gasteiger partial charge in [-0.3, -0.25) is 4.79 Å². The van der Waals surface area contributed by atoms with Crippen LogP contribution < -0.4 is 10.1 Å². The van der Waals surface area contributed by atoms with Gasteiger partial charge in [0.05, 0.1) is 12.5 Å². The van der Waals surface area contributed by atoms with Gasteiger partial charge < -0.3 is 19.5 Å². The molecule has 150 valence electrons. The predicted molar refractivity (Wildman–Crippen MR) is 109 cm³/mol. The fraction of sp³-hybridized carbons (Fsp3) is 0.409. The molecule has 1 atom stereocenters. The number of amides is 1. The smallest absolute Gasteiger partial charge is 0.231 e. The van der Waals surface area contributed by atoms with Crippen molar-refractivity contribution in [3.8, 4) is 5.75 Å². The normalized spacial score (nSPS) is 17.0. The lowest BCUT2D eigenvalue weighted by atomic mass is 9.73. The monoisotopic (exact) mass is 403 g/mol. The van der Waals surface area contributed by atoms with Gasteiger partial charge >= 0.3 is 0 Å². The van der Waals surface area contributed by atoms with Gasteiger partial charge in [-0.15, -0.1) is 0 Å². The molecule has 28 heavy (non-hydrogen) atoms. The van der Waals surface area contributed by atoms with Gasteiger partial charge in [0, 0.05) is 43.0 Å². The minimum Gasteiger partial charge on any atom is -0.496 e. The number of ether oxygens (including phenoxy) is 3. The molecule has 6 heteroatoms. The van der Waals surface area contributed by atoms with Gasteiger partial charge in [-0.1, -0.05) is 48.0 Å². The zero-order valence-electron chi connectivity index (χ0n) is 16.2. The van der Waals surface area contributed by atoms with E-state index in [2.05, 4.69) is 5.32 Å². The van der Waals surface area contributed by atoms with Crippen molar-refractivity contribution in [2.24, 2.45) is 0 Å². The van der Waals surface area contributed by atoms with Gasteiger partial charge in [-0.05, 0) is 25.0 Å². The van der Waals surface area contributed by atoms with Gasteiger partial charge in [0.15, 0.2) is 0 Å². The number of nitrogens with one attached hydrogen (secondary N) is 1. The molecule has 1 saturated heterocycles. The molecule has 0 bridgehead atoms. The van der Waals surface area contributed by atoms with E-state index in [4.69, 9.17) is 25.8 Å². The lowest BCUT2D eigenvalue weighted by molar-refractivity contribution is -0.131. The van der Waals surface area contributed by atoms with Crippen molar-refractivity contribution >= 4 is 17.5 Å². The predicted octanol–water partition coefficient (Wildman–Crippen LogP) is 3.90. The number of para-hydroxylation sites is 1. The highest BCUT2D eigenvalue weighted by molar-refractivity contribution is 6.31. The molecule has 0 spiro atoms. The SMILES string of the molecule is COc1ccccc1C1(C(=O)NCC(OC)c2ccccc2Cl)CCOCC1. The Morgan fingerprint density at radius 3 is 2.50 bits per heavy atom. The van der Waals surface area contributed by atoms with E-state index in [9.17, 15) is 4.79 Å². The highest BCUT2D eigenvalue weighted by Gasteiger charge is 2.43. The van der Waals surface area contributed by atoms with Crippen molar-refractivity contribution < 1.29 is 19.0 Å². The first-order chi connectivity index (χ1) is 13.6. The highest BCUT2D eigenvalue weighted by Crippen LogP contribution is 2.40. The van der Waals surface area contributed by atoms with Crippen LogP contribution in [0.3, 0.4) is 0 Å². The molecule has 2 aromatic rings. The van der Waals surface area contributed by atoms with E-state index < -0.39 is 5.41 Å². The summed E-state index contributed by atoms with van der Waals surface area (Å²) in [5, 5.41) is 3.71. The number of halogens is 1. The summed E-state index contributed by atoms with van der Waals surface area (Å²) in [4.78, 5) is 13.4. The molecule has 1 fully saturated rings. The van der Waals surface area contributed by atoms with Crippen molar-refractivity contribution in [1.82, 2.24) is 5.32 Å². The van der Waals surface area contributed by atoms with Crippen LogP contribution in [0.15, 0.2) is 48.5 Å².